The maximum absolute atomic E-state index is 12.4. The molecule has 0 bridgehead atoms. The van der Waals surface area contributed by atoms with Crippen LogP contribution in [0.15, 0.2) is 70.3 Å². The van der Waals surface area contributed by atoms with Crippen LogP contribution in [-0.2, 0) is 9.53 Å². The summed E-state index contributed by atoms with van der Waals surface area (Å²) < 4.78 is 7.53. The van der Waals surface area contributed by atoms with Crippen LogP contribution >= 0.6 is 23.4 Å². The minimum absolute atomic E-state index is 0.0470. The molecule has 1 N–H and O–H groups in total. The van der Waals surface area contributed by atoms with Gasteiger partial charge in [0.15, 0.2) is 5.04 Å². The number of rotatable bonds is 6. The SMILES string of the molecule is CN=C(S/C(Cl)=C/c1cnn2ccccc12)C(=O)OCC(C)Nc1ccccc1. The minimum atomic E-state index is -0.509. The molecule has 1 aromatic carbocycles. The van der Waals surface area contributed by atoms with E-state index in [1.54, 1.807) is 16.8 Å². The number of carbonyl (C=O) groups is 1. The molecule has 8 heteroatoms. The van der Waals surface area contributed by atoms with Crippen molar-refractivity contribution in [3.63, 3.8) is 0 Å². The molecule has 0 radical (unpaired) electrons. The Hall–Kier alpha value is -2.77. The highest BCUT2D eigenvalue weighted by atomic mass is 35.5. The van der Waals surface area contributed by atoms with Gasteiger partial charge in [0.1, 0.15) is 6.61 Å². The topological polar surface area (TPSA) is 68.0 Å². The van der Waals surface area contributed by atoms with Crippen molar-refractivity contribution in [3.8, 4) is 0 Å². The second-order valence-corrected chi connectivity index (χ2v) is 7.88. The summed E-state index contributed by atoms with van der Waals surface area (Å²) in [6, 6.07) is 15.5. The summed E-state index contributed by atoms with van der Waals surface area (Å²) in [7, 11) is 1.54. The van der Waals surface area contributed by atoms with Crippen LogP contribution in [0.3, 0.4) is 0 Å². The van der Waals surface area contributed by atoms with Gasteiger partial charge in [-0.05, 0) is 37.3 Å². The van der Waals surface area contributed by atoms with Gasteiger partial charge in [-0.15, -0.1) is 0 Å². The van der Waals surface area contributed by atoms with Crippen molar-refractivity contribution in [1.82, 2.24) is 9.61 Å². The molecule has 1 unspecified atom stereocenters. The molecule has 3 aromatic rings. The molecule has 0 spiro atoms. The van der Waals surface area contributed by atoms with Crippen molar-refractivity contribution in [2.24, 2.45) is 4.99 Å². The quantitative estimate of drug-likeness (QED) is 0.351. The first kappa shape index (κ1) is 21.0. The van der Waals surface area contributed by atoms with Gasteiger partial charge in [0.05, 0.1) is 22.1 Å². The Morgan fingerprint density at radius 1 is 1.31 bits per heavy atom. The van der Waals surface area contributed by atoms with Crippen LogP contribution < -0.4 is 5.32 Å². The zero-order valence-corrected chi connectivity index (χ0v) is 17.7. The van der Waals surface area contributed by atoms with Crippen LogP contribution in [0, 0.1) is 0 Å². The summed E-state index contributed by atoms with van der Waals surface area (Å²) >= 11 is 7.41. The first-order chi connectivity index (χ1) is 14.1. The first-order valence-corrected chi connectivity index (χ1v) is 10.2. The number of fused-ring (bicyclic) bond motifs is 1. The lowest BCUT2D eigenvalue weighted by Crippen LogP contribution is -2.26. The number of pyridine rings is 1. The van der Waals surface area contributed by atoms with Crippen molar-refractivity contribution < 1.29 is 9.53 Å². The predicted octanol–water partition coefficient (Wildman–Crippen LogP) is 4.68. The molecule has 29 heavy (non-hydrogen) atoms. The lowest BCUT2D eigenvalue weighted by atomic mass is 10.3. The third kappa shape index (κ3) is 5.85. The van der Waals surface area contributed by atoms with Gasteiger partial charge in [-0.1, -0.05) is 47.6 Å². The number of para-hydroxylation sites is 1. The first-order valence-electron chi connectivity index (χ1n) is 8.99. The van der Waals surface area contributed by atoms with E-state index in [0.717, 1.165) is 28.5 Å². The number of hydrogen-bond donors (Lipinski definition) is 1. The number of ether oxygens (including phenoxy) is 1. The fourth-order valence-electron chi connectivity index (χ4n) is 2.61. The highest BCUT2D eigenvalue weighted by Crippen LogP contribution is 2.26. The maximum atomic E-state index is 12.4. The highest BCUT2D eigenvalue weighted by molar-refractivity contribution is 8.20. The molecule has 0 amide bonds. The Morgan fingerprint density at radius 2 is 2.07 bits per heavy atom. The lowest BCUT2D eigenvalue weighted by Gasteiger charge is -2.15. The minimum Gasteiger partial charge on any atom is -0.458 e. The van der Waals surface area contributed by atoms with E-state index >= 15 is 0 Å². The number of aliphatic imine (C=N–C) groups is 1. The third-order valence-corrected chi connectivity index (χ3v) is 5.14. The van der Waals surface area contributed by atoms with Crippen LogP contribution in [0.5, 0.6) is 0 Å². The smallest absolute Gasteiger partial charge is 0.363 e. The number of hydrogen-bond acceptors (Lipinski definition) is 6. The predicted molar refractivity (Wildman–Crippen MR) is 120 cm³/mol. The average Bonchev–Trinajstić information content (AvgIpc) is 3.14. The standard InChI is InChI=1S/C21H21ClN4O2S/c1-15(25-17-8-4-3-5-9-17)14-28-21(27)20(23-2)29-19(22)12-16-13-24-26-11-7-6-10-18(16)26/h3-13,15,25H,14H2,1-2H3/b19-12+,23-20?. The Labute approximate surface area is 178 Å². The number of nitrogens with one attached hydrogen (secondary N) is 1. The second kappa shape index (κ2) is 10.1. The molecule has 0 aliphatic rings. The molecular formula is C21H21ClN4O2S. The number of benzene rings is 1. The molecule has 2 heterocycles. The number of halogens is 1. The summed E-state index contributed by atoms with van der Waals surface area (Å²) in [6.07, 6.45) is 5.33. The van der Waals surface area contributed by atoms with Crippen LogP contribution in [0.4, 0.5) is 5.69 Å². The Kier molecular flexibility index (Phi) is 7.32. The van der Waals surface area contributed by atoms with E-state index in [9.17, 15) is 4.79 Å². The summed E-state index contributed by atoms with van der Waals surface area (Å²) in [4.78, 5) is 16.4. The van der Waals surface area contributed by atoms with Gasteiger partial charge in [0, 0.05) is 24.5 Å². The Morgan fingerprint density at radius 3 is 2.83 bits per heavy atom. The maximum Gasteiger partial charge on any atom is 0.363 e. The largest absolute Gasteiger partial charge is 0.458 e. The zero-order chi connectivity index (χ0) is 20.6. The molecule has 150 valence electrons. The molecule has 0 aliphatic carbocycles. The number of nitrogens with zero attached hydrogens (tertiary/aromatic N) is 3. The summed E-state index contributed by atoms with van der Waals surface area (Å²) in [5.74, 6) is -0.509. The molecule has 2 aromatic heterocycles. The Balaban J connectivity index is 1.56. The number of anilines is 1. The molecular weight excluding hydrogens is 408 g/mol. The van der Waals surface area contributed by atoms with E-state index in [1.165, 1.54) is 7.05 Å². The van der Waals surface area contributed by atoms with Crippen molar-refractivity contribution >= 4 is 51.7 Å². The normalized spacial score (nSPS) is 13.3. The molecule has 3 rings (SSSR count). The highest BCUT2D eigenvalue weighted by Gasteiger charge is 2.17. The van der Waals surface area contributed by atoms with Crippen molar-refractivity contribution in [2.45, 2.75) is 13.0 Å². The zero-order valence-electron chi connectivity index (χ0n) is 16.1. The van der Waals surface area contributed by atoms with Gasteiger partial charge >= 0.3 is 5.97 Å². The molecule has 0 saturated heterocycles. The fraction of sp³-hybridized carbons (Fsp3) is 0.190. The van der Waals surface area contributed by atoms with Crippen molar-refractivity contribution in [2.75, 3.05) is 19.0 Å². The van der Waals surface area contributed by atoms with Crippen LogP contribution in [-0.4, -0.2) is 40.3 Å². The van der Waals surface area contributed by atoms with Gasteiger partial charge in [-0.2, -0.15) is 5.10 Å². The molecule has 1 atom stereocenters. The van der Waals surface area contributed by atoms with Crippen LogP contribution in [0.1, 0.15) is 12.5 Å². The lowest BCUT2D eigenvalue weighted by molar-refractivity contribution is -0.135. The molecule has 0 fully saturated rings. The van der Waals surface area contributed by atoms with E-state index in [-0.39, 0.29) is 17.7 Å². The second-order valence-electron chi connectivity index (χ2n) is 6.22. The van der Waals surface area contributed by atoms with E-state index in [4.69, 9.17) is 16.3 Å². The van der Waals surface area contributed by atoms with Crippen molar-refractivity contribution in [1.29, 1.82) is 0 Å². The van der Waals surface area contributed by atoms with Gasteiger partial charge in [-0.25, -0.2) is 9.31 Å². The number of esters is 1. The van der Waals surface area contributed by atoms with Gasteiger partial charge < -0.3 is 10.1 Å². The summed E-state index contributed by atoms with van der Waals surface area (Å²) in [5, 5.41) is 7.73. The molecule has 6 nitrogen and oxygen atoms in total. The fourth-order valence-corrected chi connectivity index (χ4v) is 3.55. The number of thioether (sulfide) groups is 1. The van der Waals surface area contributed by atoms with E-state index in [0.29, 0.717) is 4.36 Å². The van der Waals surface area contributed by atoms with E-state index < -0.39 is 5.97 Å². The average molecular weight is 429 g/mol. The molecule has 0 saturated carbocycles. The van der Waals surface area contributed by atoms with Crippen molar-refractivity contribution in [3.05, 3.63) is 70.9 Å². The number of carbonyl (C=O) groups excluding carboxylic acids is 1. The van der Waals surface area contributed by atoms with Crippen LogP contribution in [0.25, 0.3) is 11.6 Å². The van der Waals surface area contributed by atoms with Gasteiger partial charge in [0.25, 0.3) is 0 Å². The third-order valence-electron chi connectivity index (χ3n) is 3.95. The molecule has 0 aliphatic heterocycles. The summed E-state index contributed by atoms with van der Waals surface area (Å²) in [5.41, 5.74) is 2.74. The van der Waals surface area contributed by atoms with Gasteiger partial charge in [-0.3, -0.25) is 4.99 Å². The van der Waals surface area contributed by atoms with E-state index in [2.05, 4.69) is 15.4 Å². The number of aromatic nitrogens is 2. The van der Waals surface area contributed by atoms with E-state index in [1.807, 2.05) is 61.7 Å². The Bertz CT molecular complexity index is 1030. The monoisotopic (exact) mass is 428 g/mol. The van der Waals surface area contributed by atoms with Crippen LogP contribution in [0.2, 0.25) is 0 Å². The summed E-state index contributed by atoms with van der Waals surface area (Å²) in [6.45, 7) is 2.15. The van der Waals surface area contributed by atoms with Gasteiger partial charge in [0.2, 0.25) is 0 Å².